The summed E-state index contributed by atoms with van der Waals surface area (Å²) in [6, 6.07) is 13.2. The van der Waals surface area contributed by atoms with Crippen LogP contribution in [0, 0.1) is 0 Å². The molecule has 0 radical (unpaired) electrons. The Hall–Kier alpha value is -2.28. The summed E-state index contributed by atoms with van der Waals surface area (Å²) in [5.74, 6) is 2.20. The molecule has 0 spiro atoms. The molecule has 0 unspecified atom stereocenters. The van der Waals surface area contributed by atoms with Crippen LogP contribution in [0.25, 0.3) is 0 Å². The SMILES string of the molecule is COc1ccc(C2(O)CCN(C[C@@H](O)c3ccc4c(c3)OCCO4)CC2)cc1. The van der Waals surface area contributed by atoms with Crippen LogP contribution < -0.4 is 14.2 Å². The fourth-order valence-electron chi connectivity index (χ4n) is 3.91. The summed E-state index contributed by atoms with van der Waals surface area (Å²) in [5.41, 5.74) is 0.908. The van der Waals surface area contributed by atoms with Crippen LogP contribution in [0.3, 0.4) is 0 Å². The molecule has 0 saturated carbocycles. The predicted molar refractivity (Wildman–Crippen MR) is 105 cm³/mol. The van der Waals surface area contributed by atoms with Gasteiger partial charge in [-0.3, -0.25) is 0 Å². The Morgan fingerprint density at radius 3 is 2.39 bits per heavy atom. The van der Waals surface area contributed by atoms with Gasteiger partial charge in [-0.2, -0.15) is 0 Å². The number of aliphatic hydroxyl groups is 2. The lowest BCUT2D eigenvalue weighted by Crippen LogP contribution is -2.43. The summed E-state index contributed by atoms with van der Waals surface area (Å²) < 4.78 is 16.3. The van der Waals surface area contributed by atoms with Crippen LogP contribution >= 0.6 is 0 Å². The van der Waals surface area contributed by atoms with Gasteiger partial charge in [0.15, 0.2) is 11.5 Å². The third kappa shape index (κ3) is 3.94. The van der Waals surface area contributed by atoms with Gasteiger partial charge >= 0.3 is 0 Å². The number of benzene rings is 2. The normalized spacial score (nSPS) is 19.8. The topological polar surface area (TPSA) is 71.4 Å². The van der Waals surface area contributed by atoms with Crippen molar-refractivity contribution in [2.45, 2.75) is 24.5 Å². The van der Waals surface area contributed by atoms with Crippen molar-refractivity contribution in [1.82, 2.24) is 4.90 Å². The molecule has 2 heterocycles. The maximum absolute atomic E-state index is 11.0. The summed E-state index contributed by atoms with van der Waals surface area (Å²) in [6.07, 6.45) is 0.656. The third-order valence-electron chi connectivity index (χ3n) is 5.69. The van der Waals surface area contributed by atoms with Crippen molar-refractivity contribution in [3.63, 3.8) is 0 Å². The van der Waals surface area contributed by atoms with Crippen LogP contribution in [-0.4, -0.2) is 55.1 Å². The number of hydrogen-bond donors (Lipinski definition) is 2. The van der Waals surface area contributed by atoms with E-state index in [9.17, 15) is 10.2 Å². The zero-order valence-corrected chi connectivity index (χ0v) is 16.1. The molecule has 0 aromatic heterocycles. The van der Waals surface area contributed by atoms with E-state index >= 15 is 0 Å². The molecule has 2 N–H and O–H groups in total. The number of likely N-dealkylation sites (tertiary alicyclic amines) is 1. The summed E-state index contributed by atoms with van der Waals surface area (Å²) >= 11 is 0. The zero-order valence-electron chi connectivity index (χ0n) is 16.1. The third-order valence-corrected chi connectivity index (χ3v) is 5.69. The molecule has 1 fully saturated rings. The first-order valence-corrected chi connectivity index (χ1v) is 9.74. The van der Waals surface area contributed by atoms with Crippen LogP contribution in [0.15, 0.2) is 42.5 Å². The number of hydrogen-bond acceptors (Lipinski definition) is 6. The van der Waals surface area contributed by atoms with E-state index in [0.717, 1.165) is 35.7 Å². The first kappa shape index (κ1) is 19.1. The molecule has 6 heteroatoms. The van der Waals surface area contributed by atoms with E-state index in [4.69, 9.17) is 14.2 Å². The van der Waals surface area contributed by atoms with E-state index in [-0.39, 0.29) is 0 Å². The first-order valence-electron chi connectivity index (χ1n) is 9.74. The average Bonchev–Trinajstić information content (AvgIpc) is 2.75. The van der Waals surface area contributed by atoms with Gasteiger partial charge in [-0.25, -0.2) is 0 Å². The van der Waals surface area contributed by atoms with E-state index in [2.05, 4.69) is 4.90 Å². The Bertz CT molecular complexity index is 799. The van der Waals surface area contributed by atoms with Crippen molar-refractivity contribution >= 4 is 0 Å². The molecule has 4 rings (SSSR count). The zero-order chi connectivity index (χ0) is 19.6. The summed E-state index contributed by atoms with van der Waals surface area (Å²) in [7, 11) is 1.63. The summed E-state index contributed by atoms with van der Waals surface area (Å²) in [4.78, 5) is 2.19. The van der Waals surface area contributed by atoms with Gasteiger partial charge in [0.25, 0.3) is 0 Å². The fraction of sp³-hybridized carbons (Fsp3) is 0.455. The van der Waals surface area contributed by atoms with Gasteiger partial charge in [0.05, 0.1) is 18.8 Å². The average molecular weight is 385 g/mol. The maximum atomic E-state index is 11.0. The second-order valence-corrected chi connectivity index (χ2v) is 7.48. The monoisotopic (exact) mass is 385 g/mol. The van der Waals surface area contributed by atoms with Crippen molar-refractivity contribution in [3.8, 4) is 17.2 Å². The van der Waals surface area contributed by atoms with Crippen molar-refractivity contribution in [3.05, 3.63) is 53.6 Å². The van der Waals surface area contributed by atoms with Crippen molar-refractivity contribution in [2.24, 2.45) is 0 Å². The van der Waals surface area contributed by atoms with Gasteiger partial charge in [-0.05, 0) is 48.2 Å². The van der Waals surface area contributed by atoms with Gasteiger partial charge in [-0.1, -0.05) is 18.2 Å². The highest BCUT2D eigenvalue weighted by atomic mass is 16.6. The van der Waals surface area contributed by atoms with Gasteiger partial charge in [-0.15, -0.1) is 0 Å². The number of fused-ring (bicyclic) bond motifs is 1. The van der Waals surface area contributed by atoms with Gasteiger partial charge in [0.2, 0.25) is 0 Å². The molecule has 1 saturated heterocycles. The van der Waals surface area contributed by atoms with Crippen LogP contribution in [0.2, 0.25) is 0 Å². The molecular formula is C22H27NO5. The standard InChI is InChI=1S/C22H27NO5/c1-26-18-5-3-17(4-6-18)22(25)8-10-23(11-9-22)15-19(24)16-2-7-20-21(14-16)28-13-12-27-20/h2-7,14,19,24-25H,8-13,15H2,1H3/t19-/m1/s1. The number of piperidine rings is 1. The molecule has 0 amide bonds. The smallest absolute Gasteiger partial charge is 0.161 e. The number of nitrogens with zero attached hydrogens (tertiary/aromatic N) is 1. The molecule has 2 aliphatic heterocycles. The molecule has 2 aromatic rings. The number of ether oxygens (including phenoxy) is 3. The highest BCUT2D eigenvalue weighted by Gasteiger charge is 2.34. The number of rotatable bonds is 5. The Balaban J connectivity index is 1.36. The van der Waals surface area contributed by atoms with Crippen molar-refractivity contribution in [1.29, 1.82) is 0 Å². The maximum Gasteiger partial charge on any atom is 0.161 e. The van der Waals surface area contributed by atoms with Crippen LogP contribution in [0.1, 0.15) is 30.1 Å². The lowest BCUT2D eigenvalue weighted by molar-refractivity contribution is -0.0345. The molecule has 2 aromatic carbocycles. The van der Waals surface area contributed by atoms with Crippen molar-refractivity contribution < 1.29 is 24.4 Å². The molecule has 150 valence electrons. The first-order chi connectivity index (χ1) is 13.6. The molecule has 0 bridgehead atoms. The van der Waals surface area contributed by atoms with E-state index in [1.807, 2.05) is 42.5 Å². The minimum absolute atomic E-state index is 0.526. The molecule has 1 atom stereocenters. The van der Waals surface area contributed by atoms with Gasteiger partial charge in [0.1, 0.15) is 19.0 Å². The lowest BCUT2D eigenvalue weighted by atomic mass is 9.84. The van der Waals surface area contributed by atoms with Crippen molar-refractivity contribution in [2.75, 3.05) is 40.0 Å². The van der Waals surface area contributed by atoms with E-state index < -0.39 is 11.7 Å². The minimum atomic E-state index is -0.829. The largest absolute Gasteiger partial charge is 0.497 e. The summed E-state index contributed by atoms with van der Waals surface area (Å²) in [5, 5.41) is 21.7. The van der Waals surface area contributed by atoms with E-state index in [0.29, 0.717) is 38.3 Å². The Morgan fingerprint density at radius 1 is 1.04 bits per heavy atom. The van der Waals surface area contributed by atoms with E-state index in [1.54, 1.807) is 7.11 Å². The highest BCUT2D eigenvalue weighted by Crippen LogP contribution is 2.35. The van der Waals surface area contributed by atoms with Gasteiger partial charge < -0.3 is 29.3 Å². The second-order valence-electron chi connectivity index (χ2n) is 7.48. The molecule has 6 nitrogen and oxygen atoms in total. The minimum Gasteiger partial charge on any atom is -0.497 e. The lowest BCUT2D eigenvalue weighted by Gasteiger charge is -2.39. The van der Waals surface area contributed by atoms with Crippen LogP contribution in [-0.2, 0) is 5.60 Å². The fourth-order valence-corrected chi connectivity index (χ4v) is 3.91. The van der Waals surface area contributed by atoms with Crippen LogP contribution in [0.5, 0.6) is 17.2 Å². The molecule has 28 heavy (non-hydrogen) atoms. The molecule has 0 aliphatic carbocycles. The highest BCUT2D eigenvalue weighted by molar-refractivity contribution is 5.44. The van der Waals surface area contributed by atoms with Crippen LogP contribution in [0.4, 0.5) is 0 Å². The predicted octanol–water partition coefficient (Wildman–Crippen LogP) is 2.48. The Labute approximate surface area is 165 Å². The Morgan fingerprint density at radius 2 is 1.71 bits per heavy atom. The second kappa shape index (κ2) is 7.99. The summed E-state index contributed by atoms with van der Waals surface area (Å²) in [6.45, 7) is 3.06. The van der Waals surface area contributed by atoms with Gasteiger partial charge in [0, 0.05) is 19.6 Å². The number of β-amino-alcohol motifs (C(OH)–C–C–N with tert-alkyl or cyclic N) is 1. The number of aliphatic hydroxyl groups excluding tert-OH is 1. The molecule has 2 aliphatic rings. The Kier molecular flexibility index (Phi) is 5.44. The quantitative estimate of drug-likeness (QED) is 0.824. The molecular weight excluding hydrogens is 358 g/mol. The van der Waals surface area contributed by atoms with E-state index in [1.165, 1.54) is 0 Å². The number of methoxy groups -OCH3 is 1.